The van der Waals surface area contributed by atoms with Crippen molar-refractivity contribution in [2.75, 3.05) is 12.4 Å². The molecule has 0 atom stereocenters. The number of carbonyl (C=O) groups is 2. The van der Waals surface area contributed by atoms with E-state index in [4.69, 9.17) is 13.6 Å². The van der Waals surface area contributed by atoms with Gasteiger partial charge < -0.3 is 24.2 Å². The summed E-state index contributed by atoms with van der Waals surface area (Å²) in [6.45, 7) is 4.46. The fraction of sp³-hybridized carbons (Fsp3) is 0.250. The maximum atomic E-state index is 12.4. The van der Waals surface area contributed by atoms with Crippen LogP contribution in [0.15, 0.2) is 69.5 Å². The maximum Gasteiger partial charge on any atom is 0.291 e. The molecule has 0 unspecified atom stereocenters. The van der Waals surface area contributed by atoms with Crippen LogP contribution in [0.5, 0.6) is 0 Å². The fourth-order valence-corrected chi connectivity index (χ4v) is 3.61. The van der Waals surface area contributed by atoms with E-state index in [2.05, 4.69) is 15.6 Å². The van der Waals surface area contributed by atoms with Gasteiger partial charge in [-0.3, -0.25) is 9.59 Å². The highest BCUT2D eigenvalue weighted by atomic mass is 16.5. The molecule has 0 aliphatic rings. The van der Waals surface area contributed by atoms with E-state index >= 15 is 0 Å². The first kappa shape index (κ1) is 24.9. The molecule has 4 rings (SSSR count). The van der Waals surface area contributed by atoms with E-state index in [0.717, 1.165) is 11.1 Å². The number of rotatable bonds is 10. The van der Waals surface area contributed by atoms with Crippen molar-refractivity contribution in [3.05, 3.63) is 94.8 Å². The third kappa shape index (κ3) is 6.49. The largest absolute Gasteiger partial charge is 0.453 e. The van der Waals surface area contributed by atoms with Crippen LogP contribution in [0.4, 0.5) is 5.69 Å². The van der Waals surface area contributed by atoms with Gasteiger partial charge in [-0.2, -0.15) is 0 Å². The van der Waals surface area contributed by atoms with Gasteiger partial charge in [0.1, 0.15) is 23.8 Å². The van der Waals surface area contributed by atoms with E-state index in [1.807, 2.05) is 50.2 Å². The summed E-state index contributed by atoms with van der Waals surface area (Å²) in [5, 5.41) is 5.71. The number of amides is 2. The number of hydrogen-bond acceptors (Lipinski definition) is 6. The van der Waals surface area contributed by atoms with E-state index in [0.29, 0.717) is 54.8 Å². The standard InChI is InChI=1S/C28H29N3O5/c1-18-4-6-20(7-5-18)8-15-26(32)29-16-24-19(2)35-28(31-24)21-9-11-22(12-10-21)30-27(33)25-14-13-23(36-25)17-34-3/h4-7,9-14H,8,15-17H2,1-3H3,(H,29,32)(H,30,33). The first-order valence-corrected chi connectivity index (χ1v) is 11.7. The predicted octanol–water partition coefficient (Wildman–Crippen LogP) is 5.20. The Kier molecular flexibility index (Phi) is 7.97. The van der Waals surface area contributed by atoms with E-state index in [-0.39, 0.29) is 17.6 Å². The van der Waals surface area contributed by atoms with Crippen LogP contribution in [0.2, 0.25) is 0 Å². The highest BCUT2D eigenvalue weighted by molar-refractivity contribution is 6.02. The van der Waals surface area contributed by atoms with Gasteiger partial charge in [-0.05, 0) is 62.2 Å². The quantitative estimate of drug-likeness (QED) is 0.318. The van der Waals surface area contributed by atoms with Crippen molar-refractivity contribution in [2.24, 2.45) is 0 Å². The summed E-state index contributed by atoms with van der Waals surface area (Å²) in [6.07, 6.45) is 1.10. The molecule has 186 valence electrons. The molecule has 36 heavy (non-hydrogen) atoms. The average molecular weight is 488 g/mol. The van der Waals surface area contributed by atoms with Crippen LogP contribution in [0.3, 0.4) is 0 Å². The van der Waals surface area contributed by atoms with Crippen LogP contribution in [-0.4, -0.2) is 23.9 Å². The normalized spacial score (nSPS) is 10.9. The van der Waals surface area contributed by atoms with Gasteiger partial charge in [0.2, 0.25) is 11.8 Å². The summed E-state index contributed by atoms with van der Waals surface area (Å²) in [4.78, 5) is 29.2. The lowest BCUT2D eigenvalue weighted by molar-refractivity contribution is -0.121. The molecule has 2 N–H and O–H groups in total. The van der Waals surface area contributed by atoms with Crippen LogP contribution < -0.4 is 10.6 Å². The molecule has 0 saturated carbocycles. The smallest absolute Gasteiger partial charge is 0.291 e. The molecule has 0 radical (unpaired) electrons. The molecule has 2 heterocycles. The second-order valence-corrected chi connectivity index (χ2v) is 8.51. The number of anilines is 1. The molecule has 0 fully saturated rings. The first-order valence-electron chi connectivity index (χ1n) is 11.7. The summed E-state index contributed by atoms with van der Waals surface area (Å²) >= 11 is 0. The summed E-state index contributed by atoms with van der Waals surface area (Å²) in [7, 11) is 1.56. The molecule has 0 saturated heterocycles. The molecule has 0 spiro atoms. The zero-order valence-electron chi connectivity index (χ0n) is 20.6. The molecule has 0 aliphatic heterocycles. The number of nitrogens with one attached hydrogen (secondary N) is 2. The van der Waals surface area contributed by atoms with Crippen molar-refractivity contribution in [1.29, 1.82) is 0 Å². The number of aryl methyl sites for hydroxylation is 3. The second kappa shape index (κ2) is 11.5. The number of methoxy groups -OCH3 is 1. The van der Waals surface area contributed by atoms with E-state index < -0.39 is 0 Å². The summed E-state index contributed by atoms with van der Waals surface area (Å²) in [5.74, 6) is 1.49. The predicted molar refractivity (Wildman–Crippen MR) is 135 cm³/mol. The molecule has 2 aromatic heterocycles. The number of benzene rings is 2. The van der Waals surface area contributed by atoms with Crippen molar-refractivity contribution in [3.8, 4) is 11.5 Å². The number of carbonyl (C=O) groups excluding carboxylic acids is 2. The van der Waals surface area contributed by atoms with Crippen molar-refractivity contribution in [2.45, 2.75) is 39.8 Å². The van der Waals surface area contributed by atoms with Gasteiger partial charge in [-0.1, -0.05) is 29.8 Å². The number of oxazole rings is 1. The van der Waals surface area contributed by atoms with Crippen molar-refractivity contribution < 1.29 is 23.2 Å². The Bertz CT molecular complexity index is 1320. The molecule has 0 bridgehead atoms. The zero-order chi connectivity index (χ0) is 25.5. The van der Waals surface area contributed by atoms with E-state index in [1.54, 1.807) is 31.4 Å². The van der Waals surface area contributed by atoms with Crippen molar-refractivity contribution >= 4 is 17.5 Å². The van der Waals surface area contributed by atoms with Crippen LogP contribution in [0.25, 0.3) is 11.5 Å². The molecular weight excluding hydrogens is 458 g/mol. The molecule has 8 nitrogen and oxygen atoms in total. The van der Waals surface area contributed by atoms with Crippen molar-refractivity contribution in [3.63, 3.8) is 0 Å². The van der Waals surface area contributed by atoms with Gasteiger partial charge in [0.25, 0.3) is 5.91 Å². The number of nitrogens with zero attached hydrogens (tertiary/aromatic N) is 1. The first-order chi connectivity index (χ1) is 17.4. The second-order valence-electron chi connectivity index (χ2n) is 8.51. The Labute approximate surface area is 209 Å². The number of ether oxygens (including phenoxy) is 1. The summed E-state index contributed by atoms with van der Waals surface area (Å²) in [5.41, 5.74) is 4.38. The Morgan fingerprint density at radius 2 is 1.69 bits per heavy atom. The Hall–Kier alpha value is -4.17. The van der Waals surface area contributed by atoms with Crippen LogP contribution in [0.1, 0.15) is 45.3 Å². The Morgan fingerprint density at radius 1 is 0.944 bits per heavy atom. The minimum atomic E-state index is -0.350. The fourth-order valence-electron chi connectivity index (χ4n) is 3.61. The summed E-state index contributed by atoms with van der Waals surface area (Å²) in [6, 6.07) is 18.6. The SMILES string of the molecule is COCc1ccc(C(=O)Nc2ccc(-c3nc(CNC(=O)CCc4ccc(C)cc4)c(C)o3)cc2)o1. The lowest BCUT2D eigenvalue weighted by Gasteiger charge is -2.04. The van der Waals surface area contributed by atoms with Gasteiger partial charge in [0.15, 0.2) is 5.76 Å². The third-order valence-electron chi connectivity index (χ3n) is 5.67. The van der Waals surface area contributed by atoms with Gasteiger partial charge in [-0.15, -0.1) is 0 Å². The van der Waals surface area contributed by atoms with Gasteiger partial charge >= 0.3 is 0 Å². The number of furan rings is 1. The molecular formula is C28H29N3O5. The van der Waals surface area contributed by atoms with E-state index in [9.17, 15) is 9.59 Å². The molecule has 8 heteroatoms. The molecule has 0 aliphatic carbocycles. The highest BCUT2D eigenvalue weighted by Crippen LogP contribution is 2.24. The van der Waals surface area contributed by atoms with E-state index in [1.165, 1.54) is 5.56 Å². The molecule has 2 amide bonds. The monoisotopic (exact) mass is 487 g/mol. The number of hydrogen-bond donors (Lipinski definition) is 2. The Balaban J connectivity index is 1.30. The lowest BCUT2D eigenvalue weighted by atomic mass is 10.1. The average Bonchev–Trinajstić information content (AvgIpc) is 3.50. The minimum Gasteiger partial charge on any atom is -0.453 e. The van der Waals surface area contributed by atoms with Gasteiger partial charge in [0.05, 0.1) is 6.54 Å². The number of aromatic nitrogens is 1. The lowest BCUT2D eigenvalue weighted by Crippen LogP contribution is -2.23. The topological polar surface area (TPSA) is 107 Å². The van der Waals surface area contributed by atoms with Gasteiger partial charge in [-0.25, -0.2) is 4.98 Å². The van der Waals surface area contributed by atoms with Crippen LogP contribution >= 0.6 is 0 Å². The van der Waals surface area contributed by atoms with Crippen molar-refractivity contribution in [1.82, 2.24) is 10.3 Å². The molecule has 2 aromatic carbocycles. The highest BCUT2D eigenvalue weighted by Gasteiger charge is 2.14. The molecule has 4 aromatic rings. The van der Waals surface area contributed by atoms with Gasteiger partial charge in [0, 0.05) is 24.8 Å². The zero-order valence-corrected chi connectivity index (χ0v) is 20.6. The maximum absolute atomic E-state index is 12.4. The third-order valence-corrected chi connectivity index (χ3v) is 5.67. The van der Waals surface area contributed by atoms with Crippen LogP contribution in [0, 0.1) is 13.8 Å². The minimum absolute atomic E-state index is 0.0366. The Morgan fingerprint density at radius 3 is 2.42 bits per heavy atom. The summed E-state index contributed by atoms with van der Waals surface area (Å²) < 4.78 is 16.3. The van der Waals surface area contributed by atoms with Crippen LogP contribution in [-0.2, 0) is 29.1 Å².